The van der Waals surface area contributed by atoms with Crippen LogP contribution in [0.5, 0.6) is 16.7 Å². The van der Waals surface area contributed by atoms with Crippen LogP contribution in [0.15, 0.2) is 29.6 Å². The Kier molecular flexibility index (Phi) is 3.63. The number of hydrogen-bond acceptors (Lipinski definition) is 4. The fraction of sp³-hybridized carbons (Fsp3) is 0.100. The fourth-order valence-electron chi connectivity index (χ4n) is 1.12. The minimum atomic E-state index is -4.78. The quantitative estimate of drug-likeness (QED) is 0.836. The number of nitrogens with zero attached hydrogens (tertiary/aromatic N) is 1. The summed E-state index contributed by atoms with van der Waals surface area (Å²) in [7, 11) is 0. The highest BCUT2D eigenvalue weighted by Crippen LogP contribution is 2.36. The SMILES string of the molecule is FC(F)(F)Oc1ccccc1Oc1nc(Cl)cs1. The third-order valence-corrected chi connectivity index (χ3v) is 2.77. The van der Waals surface area contributed by atoms with E-state index in [-0.39, 0.29) is 16.1 Å². The Morgan fingerprint density at radius 3 is 2.39 bits per heavy atom. The van der Waals surface area contributed by atoms with Crippen molar-refractivity contribution in [2.45, 2.75) is 6.36 Å². The molecule has 18 heavy (non-hydrogen) atoms. The average Bonchev–Trinajstić information content (AvgIpc) is 2.65. The summed E-state index contributed by atoms with van der Waals surface area (Å²) in [5.41, 5.74) is 0. The minimum Gasteiger partial charge on any atom is -0.427 e. The summed E-state index contributed by atoms with van der Waals surface area (Å²) >= 11 is 6.65. The first-order valence-corrected chi connectivity index (χ1v) is 5.83. The van der Waals surface area contributed by atoms with Crippen LogP contribution in [0.2, 0.25) is 5.15 Å². The first-order chi connectivity index (χ1) is 8.44. The van der Waals surface area contributed by atoms with Crippen LogP contribution in [0.1, 0.15) is 0 Å². The molecule has 0 amide bonds. The van der Waals surface area contributed by atoms with Gasteiger partial charge in [0.05, 0.1) is 0 Å². The summed E-state index contributed by atoms with van der Waals surface area (Å²) in [5, 5.41) is 1.85. The zero-order chi connectivity index (χ0) is 13.2. The van der Waals surface area contributed by atoms with Gasteiger partial charge in [-0.25, -0.2) is 0 Å². The molecule has 0 fully saturated rings. The predicted molar refractivity (Wildman–Crippen MR) is 60.3 cm³/mol. The van der Waals surface area contributed by atoms with E-state index in [9.17, 15) is 13.2 Å². The molecule has 0 unspecified atom stereocenters. The summed E-state index contributed by atoms with van der Waals surface area (Å²) in [6, 6.07) is 5.42. The molecule has 1 aromatic heterocycles. The second-order valence-electron chi connectivity index (χ2n) is 3.03. The number of ether oxygens (including phenoxy) is 2. The van der Waals surface area contributed by atoms with Crippen molar-refractivity contribution in [3.05, 3.63) is 34.8 Å². The summed E-state index contributed by atoms with van der Waals surface area (Å²) in [6.07, 6.45) is -4.78. The maximum absolute atomic E-state index is 12.2. The lowest BCUT2D eigenvalue weighted by molar-refractivity contribution is -0.275. The Morgan fingerprint density at radius 1 is 1.17 bits per heavy atom. The van der Waals surface area contributed by atoms with Crippen molar-refractivity contribution in [2.24, 2.45) is 0 Å². The van der Waals surface area contributed by atoms with E-state index in [1.165, 1.54) is 23.6 Å². The van der Waals surface area contributed by atoms with Gasteiger partial charge in [0, 0.05) is 5.38 Å². The summed E-state index contributed by atoms with van der Waals surface area (Å²) < 4.78 is 45.5. The molecule has 0 saturated heterocycles. The molecule has 1 heterocycles. The molecule has 0 saturated carbocycles. The van der Waals surface area contributed by atoms with Crippen molar-refractivity contribution in [1.29, 1.82) is 0 Å². The Labute approximate surface area is 109 Å². The van der Waals surface area contributed by atoms with Crippen LogP contribution in [-0.2, 0) is 0 Å². The van der Waals surface area contributed by atoms with Gasteiger partial charge in [-0.15, -0.1) is 13.2 Å². The van der Waals surface area contributed by atoms with Crippen LogP contribution in [0.4, 0.5) is 13.2 Å². The van der Waals surface area contributed by atoms with Gasteiger partial charge in [-0.3, -0.25) is 0 Å². The number of para-hydroxylation sites is 2. The van der Waals surface area contributed by atoms with Crippen LogP contribution in [0, 0.1) is 0 Å². The fourth-order valence-corrected chi connectivity index (χ4v) is 1.92. The van der Waals surface area contributed by atoms with E-state index in [4.69, 9.17) is 16.3 Å². The van der Waals surface area contributed by atoms with Gasteiger partial charge in [0.1, 0.15) is 5.15 Å². The molecule has 0 bridgehead atoms. The van der Waals surface area contributed by atoms with E-state index in [1.54, 1.807) is 0 Å². The second kappa shape index (κ2) is 5.03. The molecule has 0 aliphatic carbocycles. The molecule has 3 nitrogen and oxygen atoms in total. The third kappa shape index (κ3) is 3.51. The Balaban J connectivity index is 2.22. The first-order valence-electron chi connectivity index (χ1n) is 4.58. The van der Waals surface area contributed by atoms with Gasteiger partial charge >= 0.3 is 6.36 Å². The van der Waals surface area contributed by atoms with Gasteiger partial charge in [0.25, 0.3) is 5.19 Å². The van der Waals surface area contributed by atoms with Crippen LogP contribution < -0.4 is 9.47 Å². The molecule has 1 aromatic carbocycles. The summed E-state index contributed by atoms with van der Waals surface area (Å²) in [6.45, 7) is 0. The number of thiazole rings is 1. The average molecular weight is 296 g/mol. The maximum Gasteiger partial charge on any atom is 0.573 e. The lowest BCUT2D eigenvalue weighted by Gasteiger charge is -2.12. The molecule has 2 rings (SSSR count). The highest BCUT2D eigenvalue weighted by atomic mass is 35.5. The number of alkyl halides is 3. The first kappa shape index (κ1) is 13.0. The molecule has 0 atom stereocenters. The van der Waals surface area contributed by atoms with E-state index in [1.807, 2.05) is 0 Å². The number of rotatable bonds is 3. The second-order valence-corrected chi connectivity index (χ2v) is 4.24. The van der Waals surface area contributed by atoms with Gasteiger partial charge in [-0.05, 0) is 12.1 Å². The van der Waals surface area contributed by atoms with Gasteiger partial charge in [-0.2, -0.15) is 4.98 Å². The van der Waals surface area contributed by atoms with E-state index in [0.717, 1.165) is 17.4 Å². The molecule has 0 aliphatic heterocycles. The third-order valence-electron chi connectivity index (χ3n) is 1.73. The molecule has 0 radical (unpaired) electrons. The van der Waals surface area contributed by atoms with Gasteiger partial charge < -0.3 is 9.47 Å². The Bertz CT molecular complexity index is 544. The smallest absolute Gasteiger partial charge is 0.427 e. The molecular weight excluding hydrogens is 291 g/mol. The number of aromatic nitrogens is 1. The molecule has 0 spiro atoms. The number of hydrogen-bond donors (Lipinski definition) is 0. The molecular formula is C10H5ClF3NO2S. The molecule has 0 N–H and O–H groups in total. The van der Waals surface area contributed by atoms with Crippen molar-refractivity contribution >= 4 is 22.9 Å². The molecule has 8 heteroatoms. The van der Waals surface area contributed by atoms with Crippen molar-refractivity contribution in [3.63, 3.8) is 0 Å². The van der Waals surface area contributed by atoms with Crippen LogP contribution in [0.25, 0.3) is 0 Å². The number of halogens is 4. The highest BCUT2D eigenvalue weighted by molar-refractivity contribution is 7.11. The minimum absolute atomic E-state index is 0.0826. The lowest BCUT2D eigenvalue weighted by atomic mass is 10.3. The van der Waals surface area contributed by atoms with Gasteiger partial charge in [0.15, 0.2) is 11.5 Å². The molecule has 0 aliphatic rings. The highest BCUT2D eigenvalue weighted by Gasteiger charge is 2.32. The topological polar surface area (TPSA) is 31.4 Å². The van der Waals surface area contributed by atoms with E-state index >= 15 is 0 Å². The summed E-state index contributed by atoms with van der Waals surface area (Å²) in [5.74, 6) is -0.517. The Morgan fingerprint density at radius 2 is 1.83 bits per heavy atom. The van der Waals surface area contributed by atoms with Gasteiger partial charge in [0.2, 0.25) is 0 Å². The zero-order valence-electron chi connectivity index (χ0n) is 8.57. The van der Waals surface area contributed by atoms with E-state index < -0.39 is 12.1 Å². The number of benzene rings is 1. The van der Waals surface area contributed by atoms with Crippen molar-refractivity contribution in [2.75, 3.05) is 0 Å². The van der Waals surface area contributed by atoms with Crippen LogP contribution in [-0.4, -0.2) is 11.3 Å². The standard InChI is InChI=1S/C10H5ClF3NO2S/c11-8-5-18-9(15-8)16-6-3-1-2-4-7(6)17-10(12,13)14/h1-5H. The zero-order valence-corrected chi connectivity index (χ0v) is 10.1. The van der Waals surface area contributed by atoms with E-state index in [2.05, 4.69) is 9.72 Å². The van der Waals surface area contributed by atoms with Crippen LogP contribution >= 0.6 is 22.9 Å². The largest absolute Gasteiger partial charge is 0.573 e. The molecule has 96 valence electrons. The molecule has 2 aromatic rings. The predicted octanol–water partition coefficient (Wildman–Crippen LogP) is 4.49. The maximum atomic E-state index is 12.2. The van der Waals surface area contributed by atoms with Crippen LogP contribution in [0.3, 0.4) is 0 Å². The van der Waals surface area contributed by atoms with Gasteiger partial charge in [-0.1, -0.05) is 35.1 Å². The van der Waals surface area contributed by atoms with Crippen molar-refractivity contribution in [1.82, 2.24) is 4.98 Å². The monoisotopic (exact) mass is 295 g/mol. The normalized spacial score (nSPS) is 11.3. The Hall–Kier alpha value is -1.47. The van der Waals surface area contributed by atoms with Crippen molar-refractivity contribution in [3.8, 4) is 16.7 Å². The van der Waals surface area contributed by atoms with E-state index in [0.29, 0.717) is 0 Å². The van der Waals surface area contributed by atoms with Crippen molar-refractivity contribution < 1.29 is 22.6 Å². The summed E-state index contributed by atoms with van der Waals surface area (Å²) in [4.78, 5) is 3.77. The lowest BCUT2D eigenvalue weighted by Crippen LogP contribution is -2.17.